The molecular weight excluding hydrogens is 253 g/mol. The third-order valence-electron chi connectivity index (χ3n) is 4.11. The van der Waals surface area contributed by atoms with Crippen LogP contribution in [0.3, 0.4) is 0 Å². The highest BCUT2D eigenvalue weighted by molar-refractivity contribution is 5.26. The summed E-state index contributed by atoms with van der Waals surface area (Å²) in [6, 6.07) is 5.63. The van der Waals surface area contributed by atoms with Crippen LogP contribution < -0.4 is 5.32 Å². The van der Waals surface area contributed by atoms with Crippen LogP contribution in [0.25, 0.3) is 0 Å². The third kappa shape index (κ3) is 4.57. The van der Waals surface area contributed by atoms with Crippen LogP contribution >= 0.6 is 0 Å². The smallest absolute Gasteiger partial charge is 0.123 e. The lowest BCUT2D eigenvalue weighted by atomic mass is 9.99. The molecule has 0 spiro atoms. The number of halogens is 1. The number of ether oxygens (including phenoxy) is 1. The van der Waals surface area contributed by atoms with Crippen molar-refractivity contribution in [3.8, 4) is 0 Å². The van der Waals surface area contributed by atoms with Gasteiger partial charge in [0.1, 0.15) is 5.82 Å². The van der Waals surface area contributed by atoms with E-state index in [0.29, 0.717) is 12.1 Å². The molecule has 1 fully saturated rings. The van der Waals surface area contributed by atoms with Gasteiger partial charge >= 0.3 is 0 Å². The second-order valence-corrected chi connectivity index (χ2v) is 5.78. The first-order valence-corrected chi connectivity index (χ1v) is 7.79. The zero-order valence-corrected chi connectivity index (χ0v) is 12.6. The second-order valence-electron chi connectivity index (χ2n) is 5.78. The lowest BCUT2D eigenvalue weighted by Crippen LogP contribution is -2.39. The van der Waals surface area contributed by atoms with Crippen molar-refractivity contribution in [3.63, 3.8) is 0 Å². The highest BCUT2D eigenvalue weighted by atomic mass is 19.1. The number of nitrogens with one attached hydrogen (secondary N) is 1. The molecule has 0 aromatic heterocycles. The lowest BCUT2D eigenvalue weighted by Gasteiger charge is -2.30. The van der Waals surface area contributed by atoms with Crippen molar-refractivity contribution >= 4 is 0 Å². The highest BCUT2D eigenvalue weighted by Gasteiger charge is 2.21. The molecule has 1 N–H and O–H groups in total. The topological polar surface area (TPSA) is 21.3 Å². The monoisotopic (exact) mass is 279 g/mol. The quantitative estimate of drug-likeness (QED) is 0.859. The van der Waals surface area contributed by atoms with E-state index in [1.54, 1.807) is 12.1 Å². The molecule has 1 heterocycles. The van der Waals surface area contributed by atoms with Crippen molar-refractivity contribution < 1.29 is 9.13 Å². The summed E-state index contributed by atoms with van der Waals surface area (Å²) in [6.07, 6.45) is 5.96. The number of benzene rings is 1. The molecule has 0 radical (unpaired) electrons. The molecule has 2 nitrogen and oxygen atoms in total. The largest absolute Gasteiger partial charge is 0.378 e. The van der Waals surface area contributed by atoms with E-state index in [4.69, 9.17) is 4.74 Å². The van der Waals surface area contributed by atoms with Gasteiger partial charge < -0.3 is 10.1 Å². The van der Waals surface area contributed by atoms with E-state index in [1.807, 2.05) is 13.0 Å². The predicted octanol–water partition coefficient (Wildman–Crippen LogP) is 3.61. The first-order valence-electron chi connectivity index (χ1n) is 7.79. The average Bonchev–Trinajstić information content (AvgIpc) is 2.42. The van der Waals surface area contributed by atoms with Crippen LogP contribution in [0.4, 0.5) is 4.39 Å². The van der Waals surface area contributed by atoms with Crippen LogP contribution in [0.5, 0.6) is 0 Å². The number of aryl methyl sites for hydroxylation is 1. The average molecular weight is 279 g/mol. The van der Waals surface area contributed by atoms with E-state index >= 15 is 0 Å². The summed E-state index contributed by atoms with van der Waals surface area (Å²) in [5.41, 5.74) is 2.28. The molecule has 1 aromatic rings. The molecule has 2 rings (SSSR count). The molecule has 2 unspecified atom stereocenters. The van der Waals surface area contributed by atoms with E-state index in [2.05, 4.69) is 12.2 Å². The summed E-state index contributed by atoms with van der Waals surface area (Å²) in [7, 11) is 0. The van der Waals surface area contributed by atoms with Crippen molar-refractivity contribution in [1.29, 1.82) is 0 Å². The molecule has 0 saturated carbocycles. The maximum absolute atomic E-state index is 13.0. The third-order valence-corrected chi connectivity index (χ3v) is 4.11. The molecular formula is C17H26FNO. The second kappa shape index (κ2) is 7.75. The van der Waals surface area contributed by atoms with Crippen molar-refractivity contribution in [3.05, 3.63) is 35.1 Å². The Bertz CT molecular complexity index is 419. The summed E-state index contributed by atoms with van der Waals surface area (Å²) >= 11 is 0. The van der Waals surface area contributed by atoms with Gasteiger partial charge in [-0.25, -0.2) is 4.39 Å². The van der Waals surface area contributed by atoms with Gasteiger partial charge in [0.2, 0.25) is 0 Å². The Morgan fingerprint density at radius 1 is 1.40 bits per heavy atom. The zero-order valence-electron chi connectivity index (χ0n) is 12.6. The molecule has 1 saturated heterocycles. The molecule has 0 bridgehead atoms. The maximum Gasteiger partial charge on any atom is 0.123 e. The molecule has 1 aliphatic rings. The minimum Gasteiger partial charge on any atom is -0.378 e. The Balaban J connectivity index is 1.75. The molecule has 112 valence electrons. The maximum atomic E-state index is 13.0. The first kappa shape index (κ1) is 15.5. The van der Waals surface area contributed by atoms with Crippen molar-refractivity contribution in [2.75, 3.05) is 13.2 Å². The summed E-state index contributed by atoms with van der Waals surface area (Å²) in [5.74, 6) is -0.147. The van der Waals surface area contributed by atoms with Gasteiger partial charge in [-0.3, -0.25) is 0 Å². The molecule has 2 atom stereocenters. The van der Waals surface area contributed by atoms with Crippen molar-refractivity contribution in [2.24, 2.45) is 0 Å². The van der Waals surface area contributed by atoms with Gasteiger partial charge in [-0.05, 0) is 62.4 Å². The van der Waals surface area contributed by atoms with Gasteiger partial charge in [0, 0.05) is 12.6 Å². The Labute approximate surface area is 121 Å². The Morgan fingerprint density at radius 3 is 3.00 bits per heavy atom. The van der Waals surface area contributed by atoms with E-state index in [0.717, 1.165) is 44.4 Å². The Hall–Kier alpha value is -0.930. The van der Waals surface area contributed by atoms with Crippen molar-refractivity contribution in [2.45, 2.75) is 58.1 Å². The molecule has 20 heavy (non-hydrogen) atoms. The predicted molar refractivity (Wildman–Crippen MR) is 80.5 cm³/mol. The molecule has 0 aliphatic carbocycles. The lowest BCUT2D eigenvalue weighted by molar-refractivity contribution is -0.00300. The van der Waals surface area contributed by atoms with Crippen LogP contribution in [0.1, 0.15) is 43.7 Å². The first-order chi connectivity index (χ1) is 9.69. The molecule has 0 amide bonds. The van der Waals surface area contributed by atoms with E-state index in [1.165, 1.54) is 12.0 Å². The fourth-order valence-electron chi connectivity index (χ4n) is 2.94. The zero-order chi connectivity index (χ0) is 14.4. The highest BCUT2D eigenvalue weighted by Crippen LogP contribution is 2.18. The summed E-state index contributed by atoms with van der Waals surface area (Å²) in [4.78, 5) is 0. The number of hydrogen-bond acceptors (Lipinski definition) is 2. The normalized spacial score (nSPS) is 22.9. The van der Waals surface area contributed by atoms with Gasteiger partial charge in [-0.1, -0.05) is 19.4 Å². The van der Waals surface area contributed by atoms with Gasteiger partial charge in [0.15, 0.2) is 0 Å². The molecule has 3 heteroatoms. The van der Waals surface area contributed by atoms with Gasteiger partial charge in [0.05, 0.1) is 6.10 Å². The van der Waals surface area contributed by atoms with Crippen molar-refractivity contribution in [1.82, 2.24) is 5.32 Å². The Kier molecular flexibility index (Phi) is 5.99. The summed E-state index contributed by atoms with van der Waals surface area (Å²) in [5, 5.41) is 3.63. The SMILES string of the molecule is CCCC1CC(NCCc2ccc(F)cc2C)CCO1. The van der Waals surface area contributed by atoms with Gasteiger partial charge in [-0.2, -0.15) is 0 Å². The molecule has 1 aliphatic heterocycles. The van der Waals surface area contributed by atoms with E-state index in [-0.39, 0.29) is 5.82 Å². The van der Waals surface area contributed by atoms with Crippen LogP contribution in [0.15, 0.2) is 18.2 Å². The fraction of sp³-hybridized carbons (Fsp3) is 0.647. The van der Waals surface area contributed by atoms with Gasteiger partial charge in [-0.15, -0.1) is 0 Å². The number of hydrogen-bond donors (Lipinski definition) is 1. The van der Waals surface area contributed by atoms with Crippen LogP contribution in [0, 0.1) is 12.7 Å². The fourth-order valence-corrected chi connectivity index (χ4v) is 2.94. The van der Waals surface area contributed by atoms with Crippen LogP contribution in [0.2, 0.25) is 0 Å². The van der Waals surface area contributed by atoms with Gasteiger partial charge in [0.25, 0.3) is 0 Å². The summed E-state index contributed by atoms with van der Waals surface area (Å²) in [6.45, 7) is 6.01. The standard InChI is InChI=1S/C17H26FNO/c1-3-4-17-12-16(8-10-20-17)19-9-7-14-5-6-15(18)11-13(14)2/h5-6,11,16-17,19H,3-4,7-10,12H2,1-2H3. The Morgan fingerprint density at radius 2 is 2.25 bits per heavy atom. The van der Waals surface area contributed by atoms with E-state index in [9.17, 15) is 4.39 Å². The molecule has 1 aromatic carbocycles. The minimum atomic E-state index is -0.147. The number of rotatable bonds is 6. The minimum absolute atomic E-state index is 0.147. The van der Waals surface area contributed by atoms with E-state index < -0.39 is 0 Å². The van der Waals surface area contributed by atoms with Crippen LogP contribution in [-0.4, -0.2) is 25.3 Å². The van der Waals surface area contributed by atoms with Crippen LogP contribution in [-0.2, 0) is 11.2 Å². The summed E-state index contributed by atoms with van der Waals surface area (Å²) < 4.78 is 18.8.